The minimum absolute atomic E-state index is 0.0398. The van der Waals surface area contributed by atoms with E-state index in [4.69, 9.17) is 11.6 Å². The molecule has 0 spiro atoms. The third-order valence-corrected chi connectivity index (χ3v) is 5.00. The average molecular weight is 486 g/mol. The monoisotopic (exact) mass is 484 g/mol. The fourth-order valence-corrected chi connectivity index (χ4v) is 3.26. The second-order valence-electron chi connectivity index (χ2n) is 6.15. The van der Waals surface area contributed by atoms with Gasteiger partial charge >= 0.3 is 5.82 Å². The van der Waals surface area contributed by atoms with Crippen LogP contribution in [0.15, 0.2) is 34.9 Å². The molecule has 0 saturated heterocycles. The van der Waals surface area contributed by atoms with E-state index in [1.165, 1.54) is 27.6 Å². The van der Waals surface area contributed by atoms with Gasteiger partial charge in [-0.2, -0.15) is 9.78 Å². The summed E-state index contributed by atoms with van der Waals surface area (Å²) in [4.78, 5) is 22.4. The van der Waals surface area contributed by atoms with Crippen LogP contribution in [0.5, 0.6) is 0 Å². The lowest BCUT2D eigenvalue weighted by Crippen LogP contribution is -2.16. The number of amides is 1. The molecule has 1 aromatic carbocycles. The largest absolute Gasteiger partial charge is 0.390 e. The molecule has 2 aromatic heterocycles. The summed E-state index contributed by atoms with van der Waals surface area (Å²) in [7, 11) is 0. The van der Waals surface area contributed by atoms with E-state index in [9.17, 15) is 19.3 Å². The third-order valence-electron chi connectivity index (χ3n) is 4.06. The summed E-state index contributed by atoms with van der Waals surface area (Å²) < 4.78 is 17.3. The minimum atomic E-state index is -0.588. The molecule has 12 heteroatoms. The van der Waals surface area contributed by atoms with Crippen molar-refractivity contribution in [2.45, 2.75) is 26.4 Å². The van der Waals surface area contributed by atoms with Crippen LogP contribution in [0.25, 0.3) is 0 Å². The van der Waals surface area contributed by atoms with Crippen LogP contribution in [0.2, 0.25) is 5.02 Å². The molecule has 1 N–H and O–H groups in total. The smallest absolute Gasteiger partial charge is 0.358 e. The van der Waals surface area contributed by atoms with Crippen LogP contribution in [-0.4, -0.2) is 30.4 Å². The average Bonchev–Trinajstić information content (AvgIpc) is 3.19. The lowest BCUT2D eigenvalue weighted by molar-refractivity contribution is -0.389. The van der Waals surface area contributed by atoms with Gasteiger partial charge in [0.1, 0.15) is 5.82 Å². The zero-order valence-electron chi connectivity index (χ0n) is 15.1. The molecular weight excluding hydrogens is 471 g/mol. The number of nitro groups is 1. The van der Waals surface area contributed by atoms with Gasteiger partial charge in [-0.3, -0.25) is 9.48 Å². The van der Waals surface area contributed by atoms with E-state index in [-0.39, 0.29) is 47.6 Å². The van der Waals surface area contributed by atoms with Gasteiger partial charge in [-0.15, -0.1) is 0 Å². The van der Waals surface area contributed by atoms with Crippen LogP contribution >= 0.6 is 27.5 Å². The molecule has 0 aliphatic rings. The molecule has 3 rings (SSSR count). The van der Waals surface area contributed by atoms with Crippen LogP contribution in [-0.2, 0) is 17.9 Å². The molecular formula is C17H15BrClFN6O3. The lowest BCUT2D eigenvalue weighted by Gasteiger charge is -2.06. The van der Waals surface area contributed by atoms with E-state index in [2.05, 4.69) is 31.4 Å². The van der Waals surface area contributed by atoms with Gasteiger partial charge in [0.15, 0.2) is 5.82 Å². The van der Waals surface area contributed by atoms with Crippen molar-refractivity contribution in [2.24, 2.45) is 0 Å². The predicted octanol–water partition coefficient (Wildman–Crippen LogP) is 3.93. The number of anilines is 1. The molecule has 29 heavy (non-hydrogen) atoms. The number of hydrogen-bond donors (Lipinski definition) is 1. The number of rotatable bonds is 7. The standard InChI is InChI=1S/C17H15BrClFN6O3/c1-10-7-15(26(28)29)22-25(10)6-5-16(27)21-17-12(18)9-24(23-17)8-11-13(19)3-2-4-14(11)20/h2-4,7,9H,5-6,8H2,1H3,(H,21,23,27). The van der Waals surface area contributed by atoms with Crippen molar-refractivity contribution in [3.63, 3.8) is 0 Å². The Morgan fingerprint density at radius 1 is 1.41 bits per heavy atom. The Balaban J connectivity index is 1.63. The van der Waals surface area contributed by atoms with Crippen LogP contribution in [0.4, 0.5) is 16.0 Å². The van der Waals surface area contributed by atoms with Crippen LogP contribution < -0.4 is 5.32 Å². The summed E-state index contributed by atoms with van der Waals surface area (Å²) in [5.41, 5.74) is 0.870. The highest BCUT2D eigenvalue weighted by Crippen LogP contribution is 2.24. The van der Waals surface area contributed by atoms with E-state index in [0.29, 0.717) is 10.2 Å². The van der Waals surface area contributed by atoms with E-state index in [0.717, 1.165) is 0 Å². The molecule has 1 amide bonds. The number of halogens is 3. The highest BCUT2D eigenvalue weighted by molar-refractivity contribution is 9.10. The van der Waals surface area contributed by atoms with Crippen LogP contribution in [0.1, 0.15) is 17.7 Å². The number of aryl methyl sites for hydroxylation is 2. The molecule has 0 atom stereocenters. The second kappa shape index (κ2) is 8.70. The number of benzene rings is 1. The molecule has 0 fully saturated rings. The summed E-state index contributed by atoms with van der Waals surface area (Å²) in [5, 5.41) is 21.8. The zero-order valence-corrected chi connectivity index (χ0v) is 17.4. The maximum absolute atomic E-state index is 13.9. The molecule has 0 bridgehead atoms. The Labute approximate surface area is 177 Å². The molecule has 0 unspecified atom stereocenters. The molecule has 0 aliphatic carbocycles. The molecule has 0 saturated carbocycles. The second-order valence-corrected chi connectivity index (χ2v) is 7.41. The van der Waals surface area contributed by atoms with Crippen molar-refractivity contribution in [3.05, 3.63) is 67.1 Å². The lowest BCUT2D eigenvalue weighted by atomic mass is 10.2. The number of nitrogens with one attached hydrogen (secondary N) is 1. The molecule has 9 nitrogen and oxygen atoms in total. The van der Waals surface area contributed by atoms with Gasteiger partial charge in [0.05, 0.1) is 34.4 Å². The normalized spacial score (nSPS) is 10.9. The van der Waals surface area contributed by atoms with Gasteiger partial charge < -0.3 is 15.4 Å². The molecule has 3 aromatic rings. The van der Waals surface area contributed by atoms with Gasteiger partial charge in [-0.1, -0.05) is 17.7 Å². The Kier molecular flexibility index (Phi) is 6.28. The van der Waals surface area contributed by atoms with E-state index in [1.54, 1.807) is 19.2 Å². The number of nitrogens with zero attached hydrogens (tertiary/aromatic N) is 5. The highest BCUT2D eigenvalue weighted by atomic mass is 79.9. The minimum Gasteiger partial charge on any atom is -0.358 e. The summed E-state index contributed by atoms with van der Waals surface area (Å²) in [6.07, 6.45) is 1.64. The van der Waals surface area contributed by atoms with Crippen LogP contribution in [0.3, 0.4) is 0 Å². The van der Waals surface area contributed by atoms with Crippen molar-refractivity contribution >= 4 is 45.1 Å². The molecule has 152 valence electrons. The summed E-state index contributed by atoms with van der Waals surface area (Å²) in [6.45, 7) is 1.94. The first-order valence-electron chi connectivity index (χ1n) is 8.39. The summed E-state index contributed by atoms with van der Waals surface area (Å²) >= 11 is 9.34. The Hall–Kier alpha value is -2.79. The van der Waals surface area contributed by atoms with Gasteiger partial charge in [-0.05, 0) is 39.9 Å². The molecule has 2 heterocycles. The number of carbonyl (C=O) groups excluding carboxylic acids is 1. The SMILES string of the molecule is Cc1cc([N+](=O)[O-])nn1CCC(=O)Nc1nn(Cc2c(F)cccc2Cl)cc1Br. The first-order chi connectivity index (χ1) is 13.7. The van der Waals surface area contributed by atoms with Crippen molar-refractivity contribution in [3.8, 4) is 0 Å². The van der Waals surface area contributed by atoms with Gasteiger partial charge in [0.25, 0.3) is 0 Å². The van der Waals surface area contributed by atoms with Gasteiger partial charge in [-0.25, -0.2) is 4.39 Å². The van der Waals surface area contributed by atoms with Crippen LogP contribution in [0, 0.1) is 22.9 Å². The quantitative estimate of drug-likeness (QED) is 0.403. The van der Waals surface area contributed by atoms with E-state index < -0.39 is 10.7 Å². The fourth-order valence-electron chi connectivity index (χ4n) is 2.62. The zero-order chi connectivity index (χ0) is 21.1. The number of aromatic nitrogens is 4. The Morgan fingerprint density at radius 3 is 2.83 bits per heavy atom. The molecule has 0 radical (unpaired) electrons. The maximum Gasteiger partial charge on any atom is 0.390 e. The summed E-state index contributed by atoms with van der Waals surface area (Å²) in [5.74, 6) is -0.794. The number of hydrogen-bond acceptors (Lipinski definition) is 5. The van der Waals surface area contributed by atoms with Crippen molar-refractivity contribution in [1.82, 2.24) is 19.6 Å². The van der Waals surface area contributed by atoms with Gasteiger partial charge in [0.2, 0.25) is 5.91 Å². The van der Waals surface area contributed by atoms with Gasteiger partial charge in [0, 0.05) is 23.2 Å². The van der Waals surface area contributed by atoms with E-state index in [1.807, 2.05) is 0 Å². The maximum atomic E-state index is 13.9. The summed E-state index contributed by atoms with van der Waals surface area (Å²) in [6, 6.07) is 5.75. The van der Waals surface area contributed by atoms with E-state index >= 15 is 0 Å². The fraction of sp³-hybridized carbons (Fsp3) is 0.235. The van der Waals surface area contributed by atoms with Crippen molar-refractivity contribution in [1.29, 1.82) is 0 Å². The Bertz CT molecular complexity index is 1060. The topological polar surface area (TPSA) is 108 Å². The molecule has 0 aliphatic heterocycles. The van der Waals surface area contributed by atoms with Crippen molar-refractivity contribution in [2.75, 3.05) is 5.32 Å². The first kappa shape index (κ1) is 20.9. The third kappa shape index (κ3) is 4.98. The Morgan fingerprint density at radius 2 is 2.17 bits per heavy atom. The number of carbonyl (C=O) groups is 1. The van der Waals surface area contributed by atoms with Crippen molar-refractivity contribution < 1.29 is 14.1 Å². The predicted molar refractivity (Wildman–Crippen MR) is 107 cm³/mol. The highest BCUT2D eigenvalue weighted by Gasteiger charge is 2.17. The first-order valence-corrected chi connectivity index (χ1v) is 9.56.